The first-order chi connectivity index (χ1) is 6.56. The summed E-state index contributed by atoms with van der Waals surface area (Å²) in [5.41, 5.74) is 5.06. The lowest BCUT2D eigenvalue weighted by Crippen LogP contribution is -2.02. The molecule has 14 heavy (non-hydrogen) atoms. The lowest BCUT2D eigenvalue weighted by atomic mass is 10.1. The monoisotopic (exact) mass is 261 g/mol. The molecule has 3 nitrogen and oxygen atoms in total. The van der Waals surface area contributed by atoms with Crippen molar-refractivity contribution in [3.63, 3.8) is 0 Å². The van der Waals surface area contributed by atoms with Crippen molar-refractivity contribution in [2.75, 3.05) is 5.73 Å². The van der Waals surface area contributed by atoms with Gasteiger partial charge in [0.2, 0.25) is 0 Å². The summed E-state index contributed by atoms with van der Waals surface area (Å²) in [5.74, 6) is 0.00821. The Hall–Kier alpha value is -1.22. The predicted octanol–water partition coefficient (Wildman–Crippen LogP) is 2.43. The number of hydrogen-bond donors (Lipinski definition) is 1. The molecule has 2 N–H and O–H groups in total. The highest BCUT2D eigenvalue weighted by Gasteiger charge is 2.17. The number of nitrogens with two attached hydrogens (primary N) is 1. The summed E-state index contributed by atoms with van der Waals surface area (Å²) >= 11 is 3.06. The van der Waals surface area contributed by atoms with Crippen LogP contribution in [-0.4, -0.2) is 4.98 Å². The summed E-state index contributed by atoms with van der Waals surface area (Å²) in [6.07, 6.45) is -2.84. The van der Waals surface area contributed by atoms with E-state index in [0.717, 1.165) is 0 Å². The standard InChI is InChI=1S/C8H6BrF2N3/c9-5-3-6(13)14-7(8(10)11)4(5)1-2-12/h3,8H,1H2,(H2,13,14). The van der Waals surface area contributed by atoms with E-state index < -0.39 is 12.1 Å². The zero-order valence-corrected chi connectivity index (χ0v) is 8.55. The van der Waals surface area contributed by atoms with Gasteiger partial charge in [-0.25, -0.2) is 13.8 Å². The van der Waals surface area contributed by atoms with Gasteiger partial charge < -0.3 is 5.73 Å². The second-order valence-corrected chi connectivity index (χ2v) is 3.38. The van der Waals surface area contributed by atoms with Gasteiger partial charge in [-0.15, -0.1) is 0 Å². The molecule has 1 aromatic heterocycles. The Kier molecular flexibility index (Phi) is 3.36. The Morgan fingerprint density at radius 3 is 2.79 bits per heavy atom. The Morgan fingerprint density at radius 2 is 2.29 bits per heavy atom. The second-order valence-electron chi connectivity index (χ2n) is 2.53. The molecule has 0 radical (unpaired) electrons. The van der Waals surface area contributed by atoms with Crippen LogP contribution in [0.2, 0.25) is 0 Å². The molecule has 1 heterocycles. The molecule has 74 valence electrons. The fourth-order valence-electron chi connectivity index (χ4n) is 1.01. The van der Waals surface area contributed by atoms with Crippen molar-refractivity contribution in [3.05, 3.63) is 21.8 Å². The molecule has 0 aliphatic heterocycles. The highest BCUT2D eigenvalue weighted by molar-refractivity contribution is 9.10. The minimum absolute atomic E-state index is 0.00821. The van der Waals surface area contributed by atoms with Gasteiger partial charge in [0.1, 0.15) is 11.5 Å². The van der Waals surface area contributed by atoms with Crippen molar-refractivity contribution in [1.82, 2.24) is 4.98 Å². The molecule has 0 saturated carbocycles. The number of nitriles is 1. The Bertz CT molecular complexity index is 387. The zero-order chi connectivity index (χ0) is 10.7. The summed E-state index contributed by atoms with van der Waals surface area (Å²) in [4.78, 5) is 3.50. The largest absolute Gasteiger partial charge is 0.384 e. The molecule has 0 spiro atoms. The fraction of sp³-hybridized carbons (Fsp3) is 0.250. The number of nitrogen functional groups attached to an aromatic ring is 1. The van der Waals surface area contributed by atoms with Crippen LogP contribution in [0, 0.1) is 11.3 Å². The number of aromatic nitrogens is 1. The molecule has 0 aromatic carbocycles. The summed E-state index contributed by atoms with van der Waals surface area (Å²) in [5, 5.41) is 8.44. The Balaban J connectivity index is 3.30. The molecule has 0 atom stereocenters. The lowest BCUT2D eigenvalue weighted by Gasteiger charge is -2.08. The van der Waals surface area contributed by atoms with Crippen molar-refractivity contribution in [2.45, 2.75) is 12.8 Å². The van der Waals surface area contributed by atoms with E-state index in [-0.39, 0.29) is 17.8 Å². The smallest absolute Gasteiger partial charge is 0.280 e. The highest BCUT2D eigenvalue weighted by Crippen LogP contribution is 2.28. The molecule has 6 heteroatoms. The summed E-state index contributed by atoms with van der Waals surface area (Å²) in [6.45, 7) is 0. The second kappa shape index (κ2) is 4.33. The van der Waals surface area contributed by atoms with Gasteiger partial charge in [0.05, 0.1) is 12.5 Å². The predicted molar refractivity (Wildman–Crippen MR) is 50.6 cm³/mol. The maximum Gasteiger partial charge on any atom is 0.280 e. The van der Waals surface area contributed by atoms with Crippen LogP contribution in [-0.2, 0) is 6.42 Å². The summed E-state index contributed by atoms with van der Waals surface area (Å²) < 4.78 is 25.3. The van der Waals surface area contributed by atoms with Crippen LogP contribution in [0.15, 0.2) is 10.5 Å². The molecule has 0 saturated heterocycles. The quantitative estimate of drug-likeness (QED) is 0.890. The molecule has 0 aliphatic rings. The maximum atomic E-state index is 12.5. The first-order valence-electron chi connectivity index (χ1n) is 3.66. The minimum Gasteiger partial charge on any atom is -0.384 e. The van der Waals surface area contributed by atoms with E-state index in [0.29, 0.717) is 4.47 Å². The van der Waals surface area contributed by atoms with Crippen molar-refractivity contribution in [2.24, 2.45) is 0 Å². The maximum absolute atomic E-state index is 12.5. The topological polar surface area (TPSA) is 62.7 Å². The zero-order valence-electron chi connectivity index (χ0n) is 6.97. The molecular formula is C8H6BrF2N3. The minimum atomic E-state index is -2.72. The number of halogens is 3. The van der Waals surface area contributed by atoms with Crippen LogP contribution >= 0.6 is 15.9 Å². The average Bonchev–Trinajstić information content (AvgIpc) is 2.09. The first-order valence-corrected chi connectivity index (χ1v) is 4.45. The number of anilines is 1. The third-order valence-corrected chi connectivity index (χ3v) is 2.29. The number of pyridine rings is 1. The normalized spacial score (nSPS) is 10.2. The number of hydrogen-bond acceptors (Lipinski definition) is 3. The Labute approximate surface area is 87.7 Å². The van der Waals surface area contributed by atoms with E-state index in [1.165, 1.54) is 6.07 Å². The Morgan fingerprint density at radius 1 is 1.64 bits per heavy atom. The van der Waals surface area contributed by atoms with Crippen LogP contribution in [0.3, 0.4) is 0 Å². The molecular weight excluding hydrogens is 256 g/mol. The molecule has 0 fully saturated rings. The van der Waals surface area contributed by atoms with Crippen LogP contribution in [0.1, 0.15) is 17.7 Å². The van der Waals surface area contributed by atoms with Gasteiger partial charge in [0, 0.05) is 10.0 Å². The molecule has 0 unspecified atom stereocenters. The van der Waals surface area contributed by atoms with Gasteiger partial charge in [-0.1, -0.05) is 15.9 Å². The van der Waals surface area contributed by atoms with E-state index in [2.05, 4.69) is 20.9 Å². The number of nitrogens with zero attached hydrogens (tertiary/aromatic N) is 2. The van der Waals surface area contributed by atoms with Crippen molar-refractivity contribution in [3.8, 4) is 6.07 Å². The lowest BCUT2D eigenvalue weighted by molar-refractivity contribution is 0.145. The van der Waals surface area contributed by atoms with Crippen molar-refractivity contribution < 1.29 is 8.78 Å². The van der Waals surface area contributed by atoms with Crippen molar-refractivity contribution in [1.29, 1.82) is 5.26 Å². The first kappa shape index (κ1) is 10.9. The molecule has 0 bridgehead atoms. The van der Waals surface area contributed by atoms with Gasteiger partial charge in [-0.2, -0.15) is 5.26 Å². The van der Waals surface area contributed by atoms with E-state index in [9.17, 15) is 8.78 Å². The molecule has 1 aromatic rings. The summed E-state index contributed by atoms with van der Waals surface area (Å²) in [6, 6.07) is 3.20. The van der Waals surface area contributed by atoms with Gasteiger partial charge >= 0.3 is 0 Å². The molecule has 0 amide bonds. The van der Waals surface area contributed by atoms with Crippen LogP contribution in [0.25, 0.3) is 0 Å². The SMILES string of the molecule is N#CCc1c(Br)cc(N)nc1C(F)F. The van der Waals surface area contributed by atoms with Gasteiger partial charge in [0.25, 0.3) is 6.43 Å². The third kappa shape index (κ3) is 2.17. The van der Waals surface area contributed by atoms with E-state index in [1.807, 2.05) is 0 Å². The van der Waals surface area contributed by atoms with Crippen LogP contribution < -0.4 is 5.73 Å². The van der Waals surface area contributed by atoms with Gasteiger partial charge in [-0.05, 0) is 6.07 Å². The van der Waals surface area contributed by atoms with Crippen LogP contribution in [0.4, 0.5) is 14.6 Å². The molecule has 0 aliphatic carbocycles. The number of rotatable bonds is 2. The van der Waals surface area contributed by atoms with E-state index >= 15 is 0 Å². The van der Waals surface area contributed by atoms with Crippen molar-refractivity contribution >= 4 is 21.7 Å². The van der Waals surface area contributed by atoms with Gasteiger partial charge in [0.15, 0.2) is 0 Å². The molecule has 1 rings (SSSR count). The summed E-state index contributed by atoms with van der Waals surface area (Å²) in [7, 11) is 0. The highest BCUT2D eigenvalue weighted by atomic mass is 79.9. The third-order valence-electron chi connectivity index (χ3n) is 1.58. The van der Waals surface area contributed by atoms with E-state index in [4.69, 9.17) is 11.0 Å². The van der Waals surface area contributed by atoms with E-state index in [1.54, 1.807) is 6.07 Å². The number of alkyl halides is 2. The average molecular weight is 262 g/mol. The van der Waals surface area contributed by atoms with Gasteiger partial charge in [-0.3, -0.25) is 0 Å². The van der Waals surface area contributed by atoms with Crippen LogP contribution in [0.5, 0.6) is 0 Å². The fourth-order valence-corrected chi connectivity index (χ4v) is 1.59.